The highest BCUT2D eigenvalue weighted by molar-refractivity contribution is 14.1. The third-order valence-electron chi connectivity index (χ3n) is 2.62. The smallest absolute Gasteiger partial charge is 0.186 e. The number of halogens is 1. The molecule has 0 N–H and O–H groups in total. The molecule has 2 aliphatic heterocycles. The molecule has 2 heterocycles. The van der Waals surface area contributed by atoms with E-state index in [1.807, 2.05) is 18.0 Å². The highest BCUT2D eigenvalue weighted by Crippen LogP contribution is 2.43. The summed E-state index contributed by atoms with van der Waals surface area (Å²) >= 11 is 4.10. The van der Waals surface area contributed by atoms with Crippen molar-refractivity contribution in [3.63, 3.8) is 0 Å². The van der Waals surface area contributed by atoms with Crippen LogP contribution in [-0.2, 0) is 0 Å². The summed E-state index contributed by atoms with van der Waals surface area (Å²) in [4.78, 5) is 8.79. The summed E-state index contributed by atoms with van der Waals surface area (Å²) in [5, 5.41) is 2.78. The van der Waals surface area contributed by atoms with Gasteiger partial charge in [0.2, 0.25) is 0 Å². The van der Waals surface area contributed by atoms with Crippen LogP contribution in [0.25, 0.3) is 0 Å². The molecule has 0 saturated carbocycles. The van der Waals surface area contributed by atoms with E-state index in [1.54, 1.807) is 0 Å². The SMILES string of the molecule is CC1(C)C=CSC1C1CC=NC(I)=N1. The van der Waals surface area contributed by atoms with Crippen LogP contribution in [0, 0.1) is 5.41 Å². The third kappa shape index (κ3) is 2.05. The van der Waals surface area contributed by atoms with Crippen molar-refractivity contribution < 1.29 is 0 Å². The molecule has 4 heteroatoms. The lowest BCUT2D eigenvalue weighted by atomic mass is 9.85. The van der Waals surface area contributed by atoms with Crippen LogP contribution < -0.4 is 0 Å². The number of nitrogens with zero attached hydrogens (tertiary/aromatic N) is 2. The highest BCUT2D eigenvalue weighted by atomic mass is 127. The van der Waals surface area contributed by atoms with Gasteiger partial charge in [-0.15, -0.1) is 11.8 Å². The molecule has 14 heavy (non-hydrogen) atoms. The normalized spacial score (nSPS) is 34.6. The number of aliphatic imine (C=N–C) groups is 2. The van der Waals surface area contributed by atoms with E-state index in [2.05, 4.69) is 57.9 Å². The average Bonchev–Trinajstić information content (AvgIpc) is 2.45. The van der Waals surface area contributed by atoms with Gasteiger partial charge in [0, 0.05) is 40.5 Å². The number of allylic oxidation sites excluding steroid dienone is 1. The first-order chi connectivity index (χ1) is 6.59. The van der Waals surface area contributed by atoms with E-state index in [0.717, 1.165) is 10.3 Å². The van der Waals surface area contributed by atoms with E-state index in [-0.39, 0.29) is 5.41 Å². The van der Waals surface area contributed by atoms with E-state index in [0.29, 0.717) is 11.3 Å². The Hall–Kier alpha value is 0.160. The van der Waals surface area contributed by atoms with Crippen LogP contribution in [0.15, 0.2) is 21.5 Å². The van der Waals surface area contributed by atoms with Crippen LogP contribution in [0.5, 0.6) is 0 Å². The lowest BCUT2D eigenvalue weighted by Crippen LogP contribution is -2.34. The Morgan fingerprint density at radius 2 is 2.36 bits per heavy atom. The first-order valence-corrected chi connectivity index (χ1v) is 6.71. The number of hydrogen-bond donors (Lipinski definition) is 0. The lowest BCUT2D eigenvalue weighted by Gasteiger charge is -2.30. The molecule has 2 nitrogen and oxygen atoms in total. The second-order valence-corrected chi connectivity index (χ2v) is 6.21. The molecule has 2 atom stereocenters. The quantitative estimate of drug-likeness (QED) is 0.537. The zero-order valence-electron chi connectivity index (χ0n) is 8.27. The van der Waals surface area contributed by atoms with Crippen LogP contribution in [0.4, 0.5) is 0 Å². The van der Waals surface area contributed by atoms with Gasteiger partial charge in [-0.1, -0.05) is 19.9 Å². The summed E-state index contributed by atoms with van der Waals surface area (Å²) < 4.78 is 0.891. The molecule has 2 aliphatic rings. The van der Waals surface area contributed by atoms with Gasteiger partial charge in [0.05, 0.1) is 6.04 Å². The standard InChI is InChI=1S/C10H13IN2S/c1-10(2)4-6-14-8(10)7-3-5-12-9(11)13-7/h4-8H,3H2,1-2H3. The molecule has 0 aromatic carbocycles. The van der Waals surface area contributed by atoms with Crippen LogP contribution in [0.2, 0.25) is 0 Å². The van der Waals surface area contributed by atoms with Gasteiger partial charge in [0.15, 0.2) is 3.84 Å². The van der Waals surface area contributed by atoms with Crippen LogP contribution in [0.3, 0.4) is 0 Å². The Bertz CT molecular complexity index is 320. The van der Waals surface area contributed by atoms with Crippen LogP contribution >= 0.6 is 34.4 Å². The maximum atomic E-state index is 4.60. The van der Waals surface area contributed by atoms with Gasteiger partial charge in [0.25, 0.3) is 0 Å². The molecule has 0 radical (unpaired) electrons. The maximum Gasteiger partial charge on any atom is 0.186 e. The molecule has 0 amide bonds. The highest BCUT2D eigenvalue weighted by Gasteiger charge is 2.37. The van der Waals surface area contributed by atoms with Gasteiger partial charge >= 0.3 is 0 Å². The second kappa shape index (κ2) is 3.96. The predicted octanol–water partition coefficient (Wildman–Crippen LogP) is 3.28. The first kappa shape index (κ1) is 10.7. The van der Waals surface area contributed by atoms with Gasteiger partial charge in [-0.2, -0.15) is 0 Å². The van der Waals surface area contributed by atoms with Gasteiger partial charge in [-0.05, 0) is 10.8 Å². The van der Waals surface area contributed by atoms with E-state index < -0.39 is 0 Å². The summed E-state index contributed by atoms with van der Waals surface area (Å²) in [6, 6.07) is 0.398. The Labute approximate surface area is 102 Å². The zero-order chi connectivity index (χ0) is 10.2. The summed E-state index contributed by atoms with van der Waals surface area (Å²) in [5.74, 6) is 0. The molecule has 0 bridgehead atoms. The monoisotopic (exact) mass is 320 g/mol. The van der Waals surface area contributed by atoms with Crippen molar-refractivity contribution in [2.45, 2.75) is 31.6 Å². The second-order valence-electron chi connectivity index (χ2n) is 4.19. The zero-order valence-corrected chi connectivity index (χ0v) is 11.2. The maximum absolute atomic E-state index is 4.60. The minimum Gasteiger partial charge on any atom is -0.256 e. The first-order valence-electron chi connectivity index (χ1n) is 4.68. The van der Waals surface area contributed by atoms with Crippen molar-refractivity contribution in [2.75, 3.05) is 0 Å². The molecule has 2 unspecified atom stereocenters. The molecular formula is C10H13IN2S. The third-order valence-corrected chi connectivity index (χ3v) is 4.69. The van der Waals surface area contributed by atoms with Crippen molar-refractivity contribution >= 4 is 44.4 Å². The Morgan fingerprint density at radius 3 is 2.93 bits per heavy atom. The Kier molecular flexibility index (Phi) is 3.02. The molecule has 0 saturated heterocycles. The molecule has 0 aromatic heterocycles. The number of thioether (sulfide) groups is 1. The number of hydrogen-bond acceptors (Lipinski definition) is 3. The summed E-state index contributed by atoms with van der Waals surface area (Å²) in [7, 11) is 0. The summed E-state index contributed by atoms with van der Waals surface area (Å²) in [6.45, 7) is 4.56. The summed E-state index contributed by atoms with van der Waals surface area (Å²) in [6.07, 6.45) is 5.26. The van der Waals surface area contributed by atoms with E-state index in [1.165, 1.54) is 0 Å². The Morgan fingerprint density at radius 1 is 1.57 bits per heavy atom. The minimum atomic E-state index is 0.265. The molecule has 0 fully saturated rings. The lowest BCUT2D eigenvalue weighted by molar-refractivity contribution is 0.417. The fourth-order valence-corrected chi connectivity index (χ4v) is 3.74. The topological polar surface area (TPSA) is 24.7 Å². The van der Waals surface area contributed by atoms with Gasteiger partial charge in [-0.3, -0.25) is 4.99 Å². The molecule has 2 rings (SSSR count). The van der Waals surface area contributed by atoms with Crippen LogP contribution in [0.1, 0.15) is 20.3 Å². The Balaban J connectivity index is 2.14. The van der Waals surface area contributed by atoms with E-state index in [9.17, 15) is 0 Å². The van der Waals surface area contributed by atoms with E-state index >= 15 is 0 Å². The number of rotatable bonds is 1. The largest absolute Gasteiger partial charge is 0.256 e. The number of amidine groups is 1. The molecular weight excluding hydrogens is 307 g/mol. The fraction of sp³-hybridized carbons (Fsp3) is 0.600. The molecule has 0 spiro atoms. The van der Waals surface area contributed by atoms with Crippen molar-refractivity contribution in [3.05, 3.63) is 11.5 Å². The fourth-order valence-electron chi connectivity index (χ4n) is 1.81. The molecule has 0 aliphatic carbocycles. The van der Waals surface area contributed by atoms with Gasteiger partial charge < -0.3 is 0 Å². The summed E-state index contributed by atoms with van der Waals surface area (Å²) in [5.41, 5.74) is 0.265. The molecule has 0 aromatic rings. The average molecular weight is 320 g/mol. The predicted molar refractivity (Wildman–Crippen MR) is 72.7 cm³/mol. The van der Waals surface area contributed by atoms with Crippen molar-refractivity contribution in [1.29, 1.82) is 0 Å². The van der Waals surface area contributed by atoms with Gasteiger partial charge in [0.1, 0.15) is 0 Å². The minimum absolute atomic E-state index is 0.265. The van der Waals surface area contributed by atoms with Gasteiger partial charge in [-0.25, -0.2) is 4.99 Å². The van der Waals surface area contributed by atoms with Crippen molar-refractivity contribution in [1.82, 2.24) is 0 Å². The van der Waals surface area contributed by atoms with Crippen molar-refractivity contribution in [2.24, 2.45) is 15.4 Å². The van der Waals surface area contributed by atoms with Crippen molar-refractivity contribution in [3.8, 4) is 0 Å². The molecule has 76 valence electrons. The van der Waals surface area contributed by atoms with Crippen LogP contribution in [-0.4, -0.2) is 21.3 Å². The van der Waals surface area contributed by atoms with E-state index in [4.69, 9.17) is 0 Å².